The summed E-state index contributed by atoms with van der Waals surface area (Å²) in [6.45, 7) is 0.569. The van der Waals surface area contributed by atoms with Crippen molar-refractivity contribution in [3.05, 3.63) is 28.0 Å². The van der Waals surface area contributed by atoms with E-state index in [9.17, 15) is 4.79 Å². The number of hydrogen-bond acceptors (Lipinski definition) is 2. The number of carbonyl (C=O) groups is 1. The summed E-state index contributed by atoms with van der Waals surface area (Å²) in [6.07, 6.45) is 7.58. The fourth-order valence-electron chi connectivity index (χ4n) is 1.23. The minimum Gasteiger partial charge on any atom is -0.352 e. The van der Waals surface area contributed by atoms with Gasteiger partial charge in [0.05, 0.1) is 5.56 Å². The van der Waals surface area contributed by atoms with Gasteiger partial charge in [-0.15, -0.1) is 12.3 Å². The van der Waals surface area contributed by atoms with E-state index in [0.29, 0.717) is 12.1 Å². The Balaban J connectivity index is 2.45. The molecule has 0 saturated heterocycles. The van der Waals surface area contributed by atoms with Crippen LogP contribution in [0.25, 0.3) is 0 Å². The number of rotatable bonds is 5. The van der Waals surface area contributed by atoms with E-state index in [2.05, 4.69) is 16.2 Å². The maximum absolute atomic E-state index is 11.7. The van der Waals surface area contributed by atoms with Crippen molar-refractivity contribution >= 4 is 29.1 Å². The Labute approximate surface area is 111 Å². The average molecular weight is 271 g/mol. The molecule has 17 heavy (non-hydrogen) atoms. The first-order valence-corrected chi connectivity index (χ1v) is 5.94. The van der Waals surface area contributed by atoms with Gasteiger partial charge in [0.25, 0.3) is 5.91 Å². The molecule has 0 bridgehead atoms. The Bertz CT molecular complexity index is 441. The van der Waals surface area contributed by atoms with Gasteiger partial charge in [-0.3, -0.25) is 4.79 Å². The highest BCUT2D eigenvalue weighted by Gasteiger charge is 2.10. The summed E-state index contributed by atoms with van der Waals surface area (Å²) in [6, 6.07) is 3.08. The number of halogens is 2. The summed E-state index contributed by atoms with van der Waals surface area (Å²) in [5.74, 6) is 2.29. The summed E-state index contributed by atoms with van der Waals surface area (Å²) < 4.78 is 0. The molecule has 90 valence electrons. The summed E-state index contributed by atoms with van der Waals surface area (Å²) in [5, 5.41) is 3.12. The van der Waals surface area contributed by atoms with Gasteiger partial charge in [-0.25, -0.2) is 4.98 Å². The summed E-state index contributed by atoms with van der Waals surface area (Å²) in [4.78, 5) is 15.5. The molecule has 0 aromatic carbocycles. The maximum atomic E-state index is 11.7. The molecule has 0 spiro atoms. The normalized spacial score (nSPS) is 9.71. The standard InChI is InChI=1S/C12H12Cl2N2O/c1-2-3-4-5-8-15-12(17)9-6-7-10(13)16-11(9)14/h1,6-7H,3-5,8H2,(H,15,17). The van der Waals surface area contributed by atoms with E-state index in [4.69, 9.17) is 29.6 Å². The van der Waals surface area contributed by atoms with Crippen LogP contribution in [0.3, 0.4) is 0 Å². The van der Waals surface area contributed by atoms with Crippen molar-refractivity contribution < 1.29 is 4.79 Å². The monoisotopic (exact) mass is 270 g/mol. The third-order valence-electron chi connectivity index (χ3n) is 2.09. The van der Waals surface area contributed by atoms with Crippen molar-refractivity contribution in [2.75, 3.05) is 6.54 Å². The highest BCUT2D eigenvalue weighted by Crippen LogP contribution is 2.16. The van der Waals surface area contributed by atoms with Crippen molar-refractivity contribution in [2.24, 2.45) is 0 Å². The Morgan fingerprint density at radius 2 is 2.18 bits per heavy atom. The number of hydrogen-bond donors (Lipinski definition) is 1. The largest absolute Gasteiger partial charge is 0.352 e. The van der Waals surface area contributed by atoms with Gasteiger partial charge in [0.15, 0.2) is 0 Å². The highest BCUT2D eigenvalue weighted by atomic mass is 35.5. The second kappa shape index (κ2) is 7.16. The molecule has 0 aliphatic carbocycles. The molecule has 5 heteroatoms. The molecule has 0 atom stereocenters. The summed E-state index contributed by atoms with van der Waals surface area (Å²) >= 11 is 11.4. The van der Waals surface area contributed by atoms with Gasteiger partial charge in [0, 0.05) is 13.0 Å². The Kier molecular flexibility index (Phi) is 5.82. The molecule has 1 heterocycles. The molecule has 0 aliphatic heterocycles. The van der Waals surface area contributed by atoms with Crippen molar-refractivity contribution in [3.8, 4) is 12.3 Å². The molecule has 0 unspecified atom stereocenters. The van der Waals surface area contributed by atoms with Crippen molar-refractivity contribution in [1.82, 2.24) is 10.3 Å². The fraction of sp³-hybridized carbons (Fsp3) is 0.333. The van der Waals surface area contributed by atoms with Gasteiger partial charge in [-0.2, -0.15) is 0 Å². The lowest BCUT2D eigenvalue weighted by molar-refractivity contribution is 0.0953. The molecule has 1 aromatic rings. The first-order chi connectivity index (χ1) is 8.15. The molecule has 0 aliphatic rings. The highest BCUT2D eigenvalue weighted by molar-refractivity contribution is 6.34. The van der Waals surface area contributed by atoms with Gasteiger partial charge in [0.2, 0.25) is 0 Å². The van der Waals surface area contributed by atoms with Crippen LogP contribution in [0.15, 0.2) is 12.1 Å². The zero-order valence-electron chi connectivity index (χ0n) is 9.17. The van der Waals surface area contributed by atoms with Crippen molar-refractivity contribution in [3.63, 3.8) is 0 Å². The third kappa shape index (κ3) is 4.64. The number of pyridine rings is 1. The number of aromatic nitrogens is 1. The van der Waals surface area contributed by atoms with Gasteiger partial charge >= 0.3 is 0 Å². The van der Waals surface area contributed by atoms with Crippen LogP contribution in [0.5, 0.6) is 0 Å². The van der Waals surface area contributed by atoms with Crippen LogP contribution in [0.1, 0.15) is 29.6 Å². The molecule has 1 N–H and O–H groups in total. The molecule has 0 fully saturated rings. The predicted octanol–water partition coefficient (Wildman–Crippen LogP) is 2.92. The van der Waals surface area contributed by atoms with Crippen LogP contribution >= 0.6 is 23.2 Å². The minimum atomic E-state index is -0.250. The zero-order valence-corrected chi connectivity index (χ0v) is 10.7. The quantitative estimate of drug-likeness (QED) is 0.508. The fourth-order valence-corrected chi connectivity index (χ4v) is 1.66. The number of nitrogens with one attached hydrogen (secondary N) is 1. The molecule has 1 amide bonds. The number of unbranched alkanes of at least 4 members (excludes halogenated alkanes) is 2. The predicted molar refractivity (Wildman–Crippen MR) is 69.3 cm³/mol. The second-order valence-corrected chi connectivity index (χ2v) is 4.13. The summed E-state index contributed by atoms with van der Waals surface area (Å²) in [5.41, 5.74) is 0.327. The number of terminal acetylenes is 1. The number of carbonyl (C=O) groups excluding carboxylic acids is 1. The lowest BCUT2D eigenvalue weighted by Gasteiger charge is -2.05. The van der Waals surface area contributed by atoms with E-state index in [1.54, 1.807) is 6.07 Å². The van der Waals surface area contributed by atoms with E-state index in [1.165, 1.54) is 6.07 Å². The molecule has 3 nitrogen and oxygen atoms in total. The van der Waals surface area contributed by atoms with Gasteiger partial charge < -0.3 is 5.32 Å². The first kappa shape index (κ1) is 13.8. The zero-order chi connectivity index (χ0) is 12.7. The minimum absolute atomic E-state index is 0.110. The number of amides is 1. The lowest BCUT2D eigenvalue weighted by atomic mass is 10.2. The van der Waals surface area contributed by atoms with Crippen LogP contribution in [0.4, 0.5) is 0 Å². The van der Waals surface area contributed by atoms with Gasteiger partial charge in [-0.1, -0.05) is 23.2 Å². The third-order valence-corrected chi connectivity index (χ3v) is 2.59. The molecule has 0 saturated carbocycles. The molecule has 1 rings (SSSR count). The smallest absolute Gasteiger partial charge is 0.254 e. The lowest BCUT2D eigenvalue weighted by Crippen LogP contribution is -2.24. The van der Waals surface area contributed by atoms with Crippen LogP contribution in [-0.4, -0.2) is 17.4 Å². The Morgan fingerprint density at radius 3 is 2.82 bits per heavy atom. The van der Waals surface area contributed by atoms with Crippen molar-refractivity contribution in [2.45, 2.75) is 19.3 Å². The molecular formula is C12H12Cl2N2O. The van der Waals surface area contributed by atoms with Crippen LogP contribution in [-0.2, 0) is 0 Å². The van der Waals surface area contributed by atoms with E-state index in [1.807, 2.05) is 0 Å². The van der Waals surface area contributed by atoms with E-state index in [-0.39, 0.29) is 16.2 Å². The molecule has 1 aromatic heterocycles. The van der Waals surface area contributed by atoms with Crippen LogP contribution in [0, 0.1) is 12.3 Å². The Hall–Kier alpha value is -1.24. The van der Waals surface area contributed by atoms with Crippen LogP contribution < -0.4 is 5.32 Å². The first-order valence-electron chi connectivity index (χ1n) is 5.19. The van der Waals surface area contributed by atoms with E-state index in [0.717, 1.165) is 19.3 Å². The average Bonchev–Trinajstić information content (AvgIpc) is 2.28. The topological polar surface area (TPSA) is 42.0 Å². The molecular weight excluding hydrogens is 259 g/mol. The number of nitrogens with zero attached hydrogens (tertiary/aromatic N) is 1. The maximum Gasteiger partial charge on any atom is 0.254 e. The summed E-state index contributed by atoms with van der Waals surface area (Å²) in [7, 11) is 0. The van der Waals surface area contributed by atoms with Crippen LogP contribution in [0.2, 0.25) is 10.3 Å². The van der Waals surface area contributed by atoms with Crippen molar-refractivity contribution in [1.29, 1.82) is 0 Å². The molecule has 0 radical (unpaired) electrons. The second-order valence-electron chi connectivity index (χ2n) is 3.39. The van der Waals surface area contributed by atoms with E-state index < -0.39 is 0 Å². The van der Waals surface area contributed by atoms with E-state index >= 15 is 0 Å². The van der Waals surface area contributed by atoms with Gasteiger partial charge in [-0.05, 0) is 25.0 Å². The Morgan fingerprint density at radius 1 is 1.41 bits per heavy atom. The SMILES string of the molecule is C#CCCCCNC(=O)c1ccc(Cl)nc1Cl. The van der Waals surface area contributed by atoms with Gasteiger partial charge in [0.1, 0.15) is 10.3 Å².